The Labute approximate surface area is 203 Å². The molecule has 0 aliphatic carbocycles. The van der Waals surface area contributed by atoms with Crippen LogP contribution >= 0.6 is 0 Å². The number of aryl methyl sites for hydroxylation is 1. The predicted molar refractivity (Wildman–Crippen MR) is 136 cm³/mol. The number of hydrogen-bond acceptors (Lipinski definition) is 5. The first-order valence-electron chi connectivity index (χ1n) is 11.8. The van der Waals surface area contributed by atoms with Crippen LogP contribution in [0.1, 0.15) is 53.1 Å². The molecule has 35 heavy (non-hydrogen) atoms. The summed E-state index contributed by atoms with van der Waals surface area (Å²) in [7, 11) is 1.58. The lowest BCUT2D eigenvalue weighted by Crippen LogP contribution is -2.29. The van der Waals surface area contributed by atoms with E-state index in [0.29, 0.717) is 40.3 Å². The molecule has 5 rings (SSSR count). The molecule has 6 nitrogen and oxygen atoms in total. The van der Waals surface area contributed by atoms with E-state index in [-0.39, 0.29) is 17.1 Å². The van der Waals surface area contributed by atoms with Crippen LogP contribution in [-0.4, -0.2) is 19.6 Å². The smallest absolute Gasteiger partial charge is 0.295 e. The van der Waals surface area contributed by atoms with Crippen molar-refractivity contribution in [2.45, 2.75) is 32.7 Å². The highest BCUT2D eigenvalue weighted by Gasteiger charge is 2.43. The summed E-state index contributed by atoms with van der Waals surface area (Å²) in [5, 5.41) is 0.462. The molecule has 1 aliphatic rings. The van der Waals surface area contributed by atoms with Gasteiger partial charge < -0.3 is 13.9 Å². The molecule has 2 heterocycles. The van der Waals surface area contributed by atoms with E-state index in [9.17, 15) is 9.59 Å². The largest absolute Gasteiger partial charge is 0.497 e. The van der Waals surface area contributed by atoms with Gasteiger partial charge >= 0.3 is 0 Å². The highest BCUT2D eigenvalue weighted by Crippen LogP contribution is 2.42. The molecule has 0 saturated carbocycles. The summed E-state index contributed by atoms with van der Waals surface area (Å²) in [4.78, 5) is 29.2. The molecule has 3 aromatic carbocycles. The zero-order valence-corrected chi connectivity index (χ0v) is 20.0. The molecule has 1 atom stereocenters. The zero-order chi connectivity index (χ0) is 24.5. The third-order valence-electron chi connectivity index (χ3n) is 6.30. The molecule has 6 heteroatoms. The molecule has 1 aliphatic heterocycles. The van der Waals surface area contributed by atoms with Crippen molar-refractivity contribution in [3.63, 3.8) is 0 Å². The SMILES string of the molecule is CCCCOc1cccc(C2c3c(oc4ccc(C)cc4c3=O)C(=O)N2c2cccc(OC)c2)c1. The Morgan fingerprint density at radius 2 is 1.77 bits per heavy atom. The quantitative estimate of drug-likeness (QED) is 0.309. The number of amides is 1. The summed E-state index contributed by atoms with van der Waals surface area (Å²) >= 11 is 0. The van der Waals surface area contributed by atoms with Gasteiger partial charge in [-0.1, -0.05) is 43.2 Å². The first-order valence-corrected chi connectivity index (χ1v) is 11.8. The van der Waals surface area contributed by atoms with Crippen LogP contribution in [-0.2, 0) is 0 Å². The maximum atomic E-state index is 13.8. The molecule has 0 fully saturated rings. The number of methoxy groups -OCH3 is 1. The minimum absolute atomic E-state index is 0.0662. The molecule has 0 saturated heterocycles. The lowest BCUT2D eigenvalue weighted by molar-refractivity contribution is 0.0971. The number of benzene rings is 3. The van der Waals surface area contributed by atoms with Gasteiger partial charge in [-0.2, -0.15) is 0 Å². The molecule has 1 unspecified atom stereocenters. The second kappa shape index (κ2) is 9.29. The van der Waals surface area contributed by atoms with Crippen LogP contribution < -0.4 is 19.8 Å². The first-order chi connectivity index (χ1) is 17.0. The van der Waals surface area contributed by atoms with Crippen molar-refractivity contribution in [2.75, 3.05) is 18.6 Å². The van der Waals surface area contributed by atoms with E-state index in [1.807, 2.05) is 61.5 Å². The van der Waals surface area contributed by atoms with Crippen molar-refractivity contribution in [2.24, 2.45) is 0 Å². The molecule has 4 aromatic rings. The molecular formula is C29H27NO5. The summed E-state index contributed by atoms with van der Waals surface area (Å²) in [6.45, 7) is 4.64. The molecule has 0 spiro atoms. The van der Waals surface area contributed by atoms with Crippen molar-refractivity contribution in [3.05, 3.63) is 99.4 Å². The highest BCUT2D eigenvalue weighted by molar-refractivity contribution is 6.10. The number of unbranched alkanes of at least 4 members (excludes halogenated alkanes) is 1. The summed E-state index contributed by atoms with van der Waals surface area (Å²) < 4.78 is 17.4. The van der Waals surface area contributed by atoms with Gasteiger partial charge in [-0.15, -0.1) is 0 Å². The number of carbonyl (C=O) groups excluding carboxylic acids is 1. The van der Waals surface area contributed by atoms with Crippen molar-refractivity contribution < 1.29 is 18.7 Å². The molecule has 0 N–H and O–H groups in total. The van der Waals surface area contributed by atoms with Crippen LogP contribution in [0.2, 0.25) is 0 Å². The van der Waals surface area contributed by atoms with Gasteiger partial charge in [-0.25, -0.2) is 0 Å². The van der Waals surface area contributed by atoms with Gasteiger partial charge in [0.1, 0.15) is 17.1 Å². The van der Waals surface area contributed by atoms with Crippen LogP contribution in [0.3, 0.4) is 0 Å². The number of carbonyl (C=O) groups is 1. The number of nitrogens with zero attached hydrogens (tertiary/aromatic N) is 1. The normalized spacial score (nSPS) is 14.9. The highest BCUT2D eigenvalue weighted by atomic mass is 16.5. The van der Waals surface area contributed by atoms with Crippen molar-refractivity contribution in [1.82, 2.24) is 0 Å². The van der Waals surface area contributed by atoms with Gasteiger partial charge in [0, 0.05) is 11.8 Å². The van der Waals surface area contributed by atoms with Gasteiger partial charge in [0.05, 0.1) is 30.7 Å². The maximum absolute atomic E-state index is 13.8. The topological polar surface area (TPSA) is 69.0 Å². The lowest BCUT2D eigenvalue weighted by Gasteiger charge is -2.26. The average molecular weight is 470 g/mol. The van der Waals surface area contributed by atoms with Crippen LogP contribution in [0.4, 0.5) is 5.69 Å². The Kier molecular flexibility index (Phi) is 6.03. The van der Waals surface area contributed by atoms with E-state index in [4.69, 9.17) is 13.9 Å². The fraction of sp³-hybridized carbons (Fsp3) is 0.241. The van der Waals surface area contributed by atoms with E-state index >= 15 is 0 Å². The average Bonchev–Trinajstić information content (AvgIpc) is 3.17. The Hall–Kier alpha value is -4.06. The van der Waals surface area contributed by atoms with E-state index < -0.39 is 6.04 Å². The first kappa shape index (κ1) is 22.7. The summed E-state index contributed by atoms with van der Waals surface area (Å²) in [6.07, 6.45) is 1.97. The van der Waals surface area contributed by atoms with Crippen molar-refractivity contribution in [1.29, 1.82) is 0 Å². The van der Waals surface area contributed by atoms with E-state index in [0.717, 1.165) is 24.0 Å². The maximum Gasteiger partial charge on any atom is 0.295 e. The molecule has 1 amide bonds. The standard InChI is InChI=1S/C29H27NO5/c1-4-5-14-34-22-11-6-8-19(16-22)26-25-27(31)23-15-18(2)12-13-24(23)35-28(25)29(32)30(26)20-9-7-10-21(17-20)33-3/h6-13,15-17,26H,4-5,14H2,1-3H3. The van der Waals surface area contributed by atoms with E-state index in [1.54, 1.807) is 24.1 Å². The molecular weight excluding hydrogens is 442 g/mol. The van der Waals surface area contributed by atoms with Crippen LogP contribution in [0.15, 0.2) is 75.9 Å². The number of rotatable bonds is 7. The minimum Gasteiger partial charge on any atom is -0.497 e. The zero-order valence-electron chi connectivity index (χ0n) is 20.0. The van der Waals surface area contributed by atoms with Gasteiger partial charge in [0.25, 0.3) is 5.91 Å². The monoisotopic (exact) mass is 469 g/mol. The van der Waals surface area contributed by atoms with Crippen molar-refractivity contribution in [3.8, 4) is 11.5 Å². The number of hydrogen-bond donors (Lipinski definition) is 0. The number of fused-ring (bicyclic) bond motifs is 2. The van der Waals surface area contributed by atoms with Crippen molar-refractivity contribution >= 4 is 22.6 Å². The van der Waals surface area contributed by atoms with Gasteiger partial charge in [0.15, 0.2) is 5.43 Å². The summed E-state index contributed by atoms with van der Waals surface area (Å²) in [5.41, 5.74) is 2.86. The molecule has 0 radical (unpaired) electrons. The van der Waals surface area contributed by atoms with E-state index in [1.165, 1.54) is 0 Å². The molecule has 0 bridgehead atoms. The Bertz CT molecular complexity index is 1470. The Morgan fingerprint density at radius 1 is 0.971 bits per heavy atom. The fourth-order valence-corrected chi connectivity index (χ4v) is 4.54. The van der Waals surface area contributed by atoms with Gasteiger partial charge in [-0.05, 0) is 55.3 Å². The predicted octanol–water partition coefficient (Wildman–Crippen LogP) is 6.04. The Morgan fingerprint density at radius 3 is 2.57 bits per heavy atom. The minimum atomic E-state index is -0.666. The second-order valence-corrected chi connectivity index (χ2v) is 8.73. The third kappa shape index (κ3) is 4.05. The fourth-order valence-electron chi connectivity index (χ4n) is 4.54. The molecule has 1 aromatic heterocycles. The molecule has 178 valence electrons. The van der Waals surface area contributed by atoms with E-state index in [2.05, 4.69) is 6.92 Å². The number of ether oxygens (including phenoxy) is 2. The van der Waals surface area contributed by atoms with Gasteiger partial charge in [-0.3, -0.25) is 14.5 Å². The Balaban J connectivity index is 1.72. The van der Waals surface area contributed by atoms with Crippen LogP contribution in [0.5, 0.6) is 11.5 Å². The second-order valence-electron chi connectivity index (χ2n) is 8.73. The number of anilines is 1. The van der Waals surface area contributed by atoms with Crippen LogP contribution in [0, 0.1) is 6.92 Å². The summed E-state index contributed by atoms with van der Waals surface area (Å²) in [6, 6.07) is 19.6. The third-order valence-corrected chi connectivity index (χ3v) is 6.30. The van der Waals surface area contributed by atoms with Crippen LogP contribution in [0.25, 0.3) is 11.0 Å². The summed E-state index contributed by atoms with van der Waals surface area (Å²) in [5.74, 6) is 1.01. The lowest BCUT2D eigenvalue weighted by atomic mass is 9.97. The van der Waals surface area contributed by atoms with Gasteiger partial charge in [0.2, 0.25) is 5.76 Å².